The fraction of sp³-hybridized carbons (Fsp3) is 0.300. The summed E-state index contributed by atoms with van der Waals surface area (Å²) in [4.78, 5) is 11.6. The molecule has 1 atom stereocenters. The molecule has 4 heteroatoms. The molecule has 14 heavy (non-hydrogen) atoms. The number of benzene rings is 1. The van der Waals surface area contributed by atoms with Crippen molar-refractivity contribution in [1.82, 2.24) is 0 Å². The third-order valence-electron chi connectivity index (χ3n) is 2.37. The molecule has 0 amide bonds. The Morgan fingerprint density at radius 2 is 2.14 bits per heavy atom. The molecular weight excluding hydrogens is 184 g/mol. The Hall–Kier alpha value is -1.55. The molecule has 0 fully saturated rings. The summed E-state index contributed by atoms with van der Waals surface area (Å²) in [7, 11) is 0. The van der Waals surface area contributed by atoms with E-state index in [1.165, 1.54) is 12.1 Å². The molecule has 0 saturated heterocycles. The van der Waals surface area contributed by atoms with Crippen molar-refractivity contribution in [2.45, 2.75) is 19.6 Å². The van der Waals surface area contributed by atoms with Crippen LogP contribution >= 0.6 is 0 Å². The lowest BCUT2D eigenvalue weighted by atomic mass is 9.97. The third-order valence-corrected chi connectivity index (χ3v) is 2.37. The van der Waals surface area contributed by atoms with Crippen molar-refractivity contribution >= 4 is 5.78 Å². The number of phenols is 2. The molecule has 74 valence electrons. The summed E-state index contributed by atoms with van der Waals surface area (Å²) in [5.74, 6) is -0.654. The summed E-state index contributed by atoms with van der Waals surface area (Å²) < 4.78 is 5.13. The largest absolute Gasteiger partial charge is 0.504 e. The lowest BCUT2D eigenvalue weighted by Gasteiger charge is -2.21. The van der Waals surface area contributed by atoms with E-state index < -0.39 is 6.10 Å². The number of fused-ring (bicyclic) bond motifs is 1. The van der Waals surface area contributed by atoms with E-state index in [1.54, 1.807) is 6.92 Å². The molecule has 0 aliphatic carbocycles. The van der Waals surface area contributed by atoms with Crippen LogP contribution in [0.5, 0.6) is 11.5 Å². The molecule has 1 aromatic rings. The Balaban J connectivity index is 2.59. The highest BCUT2D eigenvalue weighted by molar-refractivity contribution is 6.02. The van der Waals surface area contributed by atoms with Crippen LogP contribution in [0, 0.1) is 0 Å². The first kappa shape index (κ1) is 9.02. The number of aromatic hydroxyl groups is 2. The van der Waals surface area contributed by atoms with Gasteiger partial charge in [-0.1, -0.05) is 0 Å². The van der Waals surface area contributed by atoms with E-state index in [2.05, 4.69) is 0 Å². The van der Waals surface area contributed by atoms with Crippen molar-refractivity contribution < 1.29 is 19.7 Å². The van der Waals surface area contributed by atoms with E-state index >= 15 is 0 Å². The van der Waals surface area contributed by atoms with Crippen LogP contribution in [-0.4, -0.2) is 22.1 Å². The summed E-state index contributed by atoms with van der Waals surface area (Å²) in [5.41, 5.74) is 0.798. The van der Waals surface area contributed by atoms with E-state index in [9.17, 15) is 15.0 Å². The molecule has 1 aliphatic rings. The maximum atomic E-state index is 11.6. The van der Waals surface area contributed by atoms with E-state index in [0.29, 0.717) is 11.1 Å². The summed E-state index contributed by atoms with van der Waals surface area (Å²) in [6.45, 7) is 1.82. The SMILES string of the molecule is C[C@@H]1OCc2c(ccc(O)c2O)C1=O. The lowest BCUT2D eigenvalue weighted by Crippen LogP contribution is -2.27. The van der Waals surface area contributed by atoms with Crippen LogP contribution in [0.15, 0.2) is 12.1 Å². The van der Waals surface area contributed by atoms with Gasteiger partial charge in [0, 0.05) is 11.1 Å². The third kappa shape index (κ3) is 1.15. The van der Waals surface area contributed by atoms with Crippen molar-refractivity contribution in [2.24, 2.45) is 0 Å². The molecule has 0 spiro atoms. The summed E-state index contributed by atoms with van der Waals surface area (Å²) >= 11 is 0. The van der Waals surface area contributed by atoms with Crippen LogP contribution in [0.2, 0.25) is 0 Å². The van der Waals surface area contributed by atoms with Gasteiger partial charge in [0.1, 0.15) is 6.10 Å². The van der Waals surface area contributed by atoms with E-state index in [-0.39, 0.29) is 23.9 Å². The second-order valence-corrected chi connectivity index (χ2v) is 3.28. The maximum Gasteiger partial charge on any atom is 0.191 e. The second kappa shape index (κ2) is 2.99. The fourth-order valence-corrected chi connectivity index (χ4v) is 1.50. The van der Waals surface area contributed by atoms with Gasteiger partial charge in [0.15, 0.2) is 17.3 Å². The Kier molecular flexibility index (Phi) is 1.93. The fourth-order valence-electron chi connectivity index (χ4n) is 1.50. The average molecular weight is 194 g/mol. The quantitative estimate of drug-likeness (QED) is 0.609. The van der Waals surface area contributed by atoms with Gasteiger partial charge in [-0.25, -0.2) is 0 Å². The zero-order valence-corrected chi connectivity index (χ0v) is 7.65. The monoisotopic (exact) mass is 194 g/mol. The molecular formula is C10H10O4. The molecule has 0 radical (unpaired) electrons. The zero-order chi connectivity index (χ0) is 10.3. The molecule has 0 bridgehead atoms. The van der Waals surface area contributed by atoms with Crippen LogP contribution in [0.3, 0.4) is 0 Å². The van der Waals surface area contributed by atoms with Crippen LogP contribution in [0.1, 0.15) is 22.8 Å². The summed E-state index contributed by atoms with van der Waals surface area (Å²) in [6, 6.07) is 2.82. The molecule has 1 aliphatic heterocycles. The maximum absolute atomic E-state index is 11.6. The number of Topliss-reactive ketones (excluding diaryl/α,β-unsaturated/α-hetero) is 1. The second-order valence-electron chi connectivity index (χ2n) is 3.28. The zero-order valence-electron chi connectivity index (χ0n) is 7.65. The van der Waals surface area contributed by atoms with Crippen molar-refractivity contribution in [3.8, 4) is 11.5 Å². The van der Waals surface area contributed by atoms with Gasteiger partial charge in [-0.15, -0.1) is 0 Å². The normalized spacial score (nSPS) is 20.6. The average Bonchev–Trinajstić information content (AvgIpc) is 2.17. The van der Waals surface area contributed by atoms with Crippen LogP contribution in [0.4, 0.5) is 0 Å². The molecule has 1 heterocycles. The van der Waals surface area contributed by atoms with Gasteiger partial charge < -0.3 is 14.9 Å². The predicted octanol–water partition coefficient (Wildman–Crippen LogP) is 1.20. The lowest BCUT2D eigenvalue weighted by molar-refractivity contribution is 0.0327. The molecule has 4 nitrogen and oxygen atoms in total. The Bertz CT molecular complexity index is 397. The number of carbonyl (C=O) groups excluding carboxylic acids is 1. The summed E-state index contributed by atoms with van der Waals surface area (Å²) in [6.07, 6.45) is -0.480. The van der Waals surface area contributed by atoms with Gasteiger partial charge in [-0.2, -0.15) is 0 Å². The highest BCUT2D eigenvalue weighted by Gasteiger charge is 2.27. The topological polar surface area (TPSA) is 66.8 Å². The minimum atomic E-state index is -0.480. The van der Waals surface area contributed by atoms with Crippen molar-refractivity contribution in [1.29, 1.82) is 0 Å². The van der Waals surface area contributed by atoms with Gasteiger partial charge in [-0.3, -0.25) is 4.79 Å². The number of hydrogen-bond acceptors (Lipinski definition) is 4. The van der Waals surface area contributed by atoms with E-state index in [0.717, 1.165) is 0 Å². The number of carbonyl (C=O) groups is 1. The first-order valence-electron chi connectivity index (χ1n) is 4.31. The molecule has 0 saturated carbocycles. The first-order valence-corrected chi connectivity index (χ1v) is 4.31. The number of hydrogen-bond donors (Lipinski definition) is 2. The number of phenolic OH excluding ortho intramolecular Hbond substituents is 2. The van der Waals surface area contributed by atoms with Gasteiger partial charge in [0.25, 0.3) is 0 Å². The predicted molar refractivity (Wildman–Crippen MR) is 48.4 cm³/mol. The Morgan fingerprint density at radius 1 is 1.43 bits per heavy atom. The molecule has 2 N–H and O–H groups in total. The first-order chi connectivity index (χ1) is 6.61. The van der Waals surface area contributed by atoms with Gasteiger partial charge >= 0.3 is 0 Å². The van der Waals surface area contributed by atoms with Gasteiger partial charge in [-0.05, 0) is 19.1 Å². The Labute approximate surface area is 80.7 Å². The number of ketones is 1. The Morgan fingerprint density at radius 3 is 2.86 bits per heavy atom. The van der Waals surface area contributed by atoms with Crippen LogP contribution in [-0.2, 0) is 11.3 Å². The van der Waals surface area contributed by atoms with Crippen LogP contribution in [0.25, 0.3) is 0 Å². The van der Waals surface area contributed by atoms with Crippen molar-refractivity contribution in [2.75, 3.05) is 0 Å². The van der Waals surface area contributed by atoms with Crippen molar-refractivity contribution in [3.63, 3.8) is 0 Å². The molecule has 1 aromatic carbocycles. The van der Waals surface area contributed by atoms with Crippen molar-refractivity contribution in [3.05, 3.63) is 23.3 Å². The smallest absolute Gasteiger partial charge is 0.191 e. The number of ether oxygens (including phenoxy) is 1. The molecule has 0 unspecified atom stereocenters. The highest BCUT2D eigenvalue weighted by Crippen LogP contribution is 2.34. The summed E-state index contributed by atoms with van der Waals surface area (Å²) in [5, 5.41) is 18.7. The van der Waals surface area contributed by atoms with E-state index in [1.807, 2.05) is 0 Å². The van der Waals surface area contributed by atoms with Gasteiger partial charge in [0.05, 0.1) is 6.61 Å². The molecule has 0 aromatic heterocycles. The van der Waals surface area contributed by atoms with E-state index in [4.69, 9.17) is 4.74 Å². The standard InChI is InChI=1S/C10H10O4/c1-5-9(12)6-2-3-8(11)10(13)7(6)4-14-5/h2-3,5,11,13H,4H2,1H3/t5-/m0/s1. The van der Waals surface area contributed by atoms with Gasteiger partial charge in [0.2, 0.25) is 0 Å². The van der Waals surface area contributed by atoms with Crippen LogP contribution < -0.4 is 0 Å². The minimum absolute atomic E-state index is 0.155. The molecule has 2 rings (SSSR count). The number of rotatable bonds is 0. The minimum Gasteiger partial charge on any atom is -0.504 e. The highest BCUT2D eigenvalue weighted by atomic mass is 16.5.